The molecule has 1 saturated carbocycles. The summed E-state index contributed by atoms with van der Waals surface area (Å²) in [4.78, 5) is 0. The fourth-order valence-corrected chi connectivity index (χ4v) is 20.1. The SMILES string of the molecule is CC1=CC(C)=[C]([Zr]([CH3])([C]2=C(C)C=C(C)C2)[CH]2CCCCC2)C1.Cl.Cl. The third-order valence-electron chi connectivity index (χ3n) is 6.46. The van der Waals surface area contributed by atoms with Crippen molar-refractivity contribution in [2.75, 3.05) is 0 Å². The minimum Gasteiger partial charge on any atom is -0.147 e. The zero-order chi connectivity index (χ0) is 15.9. The molecular weight excluding hydrogens is 414 g/mol. The Balaban J connectivity index is 0.00000144. The second-order valence-electron chi connectivity index (χ2n) is 8.20. The Morgan fingerprint density at radius 1 is 0.750 bits per heavy atom. The van der Waals surface area contributed by atoms with E-state index in [0.717, 1.165) is 3.63 Å². The van der Waals surface area contributed by atoms with Crippen LogP contribution >= 0.6 is 24.8 Å². The molecule has 0 aromatic carbocycles. The number of hydrogen-bond donors (Lipinski definition) is 0. The van der Waals surface area contributed by atoms with Crippen LogP contribution in [0.3, 0.4) is 0 Å². The maximum absolute atomic E-state index is 2.79. The molecule has 0 heterocycles. The predicted molar refractivity (Wildman–Crippen MR) is 109 cm³/mol. The number of halogens is 2. The first-order valence-corrected chi connectivity index (χ1v) is 15.5. The Kier molecular flexibility index (Phi) is 8.31. The quantitative estimate of drug-likeness (QED) is 0.410. The van der Waals surface area contributed by atoms with Crippen molar-refractivity contribution in [2.45, 2.75) is 80.9 Å². The molecule has 136 valence electrons. The van der Waals surface area contributed by atoms with Crippen LogP contribution in [0.2, 0.25) is 8.26 Å². The van der Waals surface area contributed by atoms with Gasteiger partial charge in [-0.2, -0.15) is 0 Å². The van der Waals surface area contributed by atoms with Crippen LogP contribution in [-0.4, -0.2) is 0 Å². The van der Waals surface area contributed by atoms with E-state index in [2.05, 4.69) is 44.5 Å². The Morgan fingerprint density at radius 2 is 1.17 bits per heavy atom. The van der Waals surface area contributed by atoms with Crippen molar-refractivity contribution in [2.24, 2.45) is 0 Å². The van der Waals surface area contributed by atoms with Gasteiger partial charge in [-0.05, 0) is 0 Å². The van der Waals surface area contributed by atoms with Gasteiger partial charge in [0.05, 0.1) is 0 Å². The second-order valence-corrected chi connectivity index (χ2v) is 19.1. The standard InChI is InChI=1S/2C7H9.C6H11.CH3.2ClH.Zr/c2*1-6-3-4-7(2)5-6;1-2-4-6-5-3-1;;;;/h2*5H,3H2,1-2H3;1H,2-6H2;1H3;2*1H;. The largest absolute Gasteiger partial charge is 0.147 e. The molecule has 3 aliphatic rings. The molecule has 0 aromatic heterocycles. The zero-order valence-electron chi connectivity index (χ0n) is 16.0. The fourth-order valence-electron chi connectivity index (χ4n) is 5.39. The Morgan fingerprint density at radius 3 is 1.50 bits per heavy atom. The molecule has 0 bridgehead atoms. The van der Waals surface area contributed by atoms with E-state index in [-0.39, 0.29) is 24.8 Å². The van der Waals surface area contributed by atoms with Crippen LogP contribution in [0, 0.1) is 0 Å². The van der Waals surface area contributed by atoms with Gasteiger partial charge in [0.15, 0.2) is 0 Å². The first-order chi connectivity index (χ1) is 10.4. The summed E-state index contributed by atoms with van der Waals surface area (Å²) in [5.74, 6) is 0. The van der Waals surface area contributed by atoms with Crippen LogP contribution in [0.4, 0.5) is 0 Å². The monoisotopic (exact) mass is 446 g/mol. The Bertz CT molecular complexity index is 559. The van der Waals surface area contributed by atoms with Crippen molar-refractivity contribution in [1.82, 2.24) is 0 Å². The normalized spacial score (nSPS) is 22.2. The molecular formula is C21H34Cl2Zr. The summed E-state index contributed by atoms with van der Waals surface area (Å²) in [7, 11) is 0. The average molecular weight is 449 g/mol. The molecule has 0 aromatic rings. The van der Waals surface area contributed by atoms with Crippen molar-refractivity contribution >= 4 is 24.8 Å². The maximum atomic E-state index is 2.79. The van der Waals surface area contributed by atoms with Gasteiger partial charge in [0.2, 0.25) is 0 Å². The summed E-state index contributed by atoms with van der Waals surface area (Å²) in [5.41, 5.74) is 6.50. The van der Waals surface area contributed by atoms with E-state index in [0.29, 0.717) is 0 Å². The molecule has 0 nitrogen and oxygen atoms in total. The summed E-state index contributed by atoms with van der Waals surface area (Å²) in [6, 6.07) is 0. The van der Waals surface area contributed by atoms with E-state index >= 15 is 0 Å². The van der Waals surface area contributed by atoms with Crippen molar-refractivity contribution in [1.29, 1.82) is 0 Å². The van der Waals surface area contributed by atoms with Crippen LogP contribution in [-0.2, 0) is 20.3 Å². The molecule has 0 spiro atoms. The van der Waals surface area contributed by atoms with Crippen LogP contribution in [0.5, 0.6) is 0 Å². The topological polar surface area (TPSA) is 0 Å². The van der Waals surface area contributed by atoms with Crippen molar-refractivity contribution in [3.8, 4) is 0 Å². The summed E-state index contributed by atoms with van der Waals surface area (Å²) in [5, 5.41) is 0. The maximum Gasteiger partial charge on any atom is -0.147 e. The average Bonchev–Trinajstić information content (AvgIpc) is 3.01. The first-order valence-electron chi connectivity index (χ1n) is 9.17. The number of hydrogen-bond acceptors (Lipinski definition) is 0. The Hall–Kier alpha value is 0.423. The molecule has 0 radical (unpaired) electrons. The van der Waals surface area contributed by atoms with Gasteiger partial charge in [-0.3, -0.25) is 0 Å². The van der Waals surface area contributed by atoms with Gasteiger partial charge in [-0.1, -0.05) is 0 Å². The fraction of sp³-hybridized carbons (Fsp3) is 0.619. The van der Waals surface area contributed by atoms with Gasteiger partial charge < -0.3 is 0 Å². The van der Waals surface area contributed by atoms with Crippen molar-refractivity contribution < 1.29 is 20.3 Å². The van der Waals surface area contributed by atoms with Crippen LogP contribution in [0.25, 0.3) is 0 Å². The number of allylic oxidation sites excluding steroid dienone is 8. The van der Waals surface area contributed by atoms with E-state index in [9.17, 15) is 0 Å². The van der Waals surface area contributed by atoms with Crippen LogP contribution in [0.1, 0.15) is 72.6 Å². The van der Waals surface area contributed by atoms with Gasteiger partial charge in [0, 0.05) is 0 Å². The molecule has 24 heavy (non-hydrogen) atoms. The van der Waals surface area contributed by atoms with Gasteiger partial charge in [0.25, 0.3) is 0 Å². The predicted octanol–water partition coefficient (Wildman–Crippen LogP) is 8.03. The Labute approximate surface area is 166 Å². The van der Waals surface area contributed by atoms with Gasteiger partial charge in [-0.15, -0.1) is 24.8 Å². The minimum atomic E-state index is -2.47. The van der Waals surface area contributed by atoms with Crippen molar-refractivity contribution in [3.05, 3.63) is 41.0 Å². The molecule has 0 amide bonds. The molecule has 0 N–H and O–H groups in total. The van der Waals surface area contributed by atoms with Gasteiger partial charge in [-0.25, -0.2) is 0 Å². The third kappa shape index (κ3) is 4.05. The second kappa shape index (κ2) is 8.88. The van der Waals surface area contributed by atoms with Crippen LogP contribution in [0.15, 0.2) is 41.0 Å². The molecule has 0 atom stereocenters. The van der Waals surface area contributed by atoms with E-state index in [1.165, 1.54) is 44.9 Å². The smallest absolute Gasteiger partial charge is 0.147 e. The van der Waals surface area contributed by atoms with E-state index in [1.54, 1.807) is 22.3 Å². The summed E-state index contributed by atoms with van der Waals surface area (Å²) < 4.78 is 7.73. The van der Waals surface area contributed by atoms with Crippen LogP contribution < -0.4 is 0 Å². The van der Waals surface area contributed by atoms with E-state index in [4.69, 9.17) is 0 Å². The molecule has 3 aliphatic carbocycles. The zero-order valence-corrected chi connectivity index (χ0v) is 20.1. The number of rotatable bonds is 3. The molecule has 3 rings (SSSR count). The van der Waals surface area contributed by atoms with Gasteiger partial charge in [0.1, 0.15) is 0 Å². The first kappa shape index (κ1) is 22.5. The third-order valence-corrected chi connectivity index (χ3v) is 20.9. The summed E-state index contributed by atoms with van der Waals surface area (Å²) in [6.07, 6.45) is 15.0. The molecule has 3 heteroatoms. The van der Waals surface area contributed by atoms with E-state index < -0.39 is 20.3 Å². The molecule has 0 aliphatic heterocycles. The molecule has 0 unspecified atom stereocenters. The van der Waals surface area contributed by atoms with E-state index in [1.807, 2.05) is 6.56 Å². The molecule has 1 fully saturated rings. The summed E-state index contributed by atoms with van der Waals surface area (Å²) >= 11 is -2.47. The van der Waals surface area contributed by atoms with Gasteiger partial charge >= 0.3 is 142 Å². The summed E-state index contributed by atoms with van der Waals surface area (Å²) in [6.45, 7) is 9.47. The molecule has 0 saturated heterocycles. The minimum absolute atomic E-state index is 0. The van der Waals surface area contributed by atoms with Crippen molar-refractivity contribution in [3.63, 3.8) is 0 Å².